The lowest BCUT2D eigenvalue weighted by molar-refractivity contribution is -0.135. The Hall–Kier alpha value is -2.08. The Morgan fingerprint density at radius 2 is 1.96 bits per heavy atom. The monoisotopic (exact) mass is 334 g/mol. The minimum Gasteiger partial charge on any atom is -0.497 e. The van der Waals surface area contributed by atoms with Crippen molar-refractivity contribution in [2.24, 2.45) is 0 Å². The van der Waals surface area contributed by atoms with E-state index in [0.717, 1.165) is 32.5 Å². The summed E-state index contributed by atoms with van der Waals surface area (Å²) in [5.74, 6) is 0.156. The van der Waals surface area contributed by atoms with E-state index in [1.54, 1.807) is 6.26 Å². The van der Waals surface area contributed by atoms with Crippen LogP contribution in [0.3, 0.4) is 0 Å². The van der Waals surface area contributed by atoms with Crippen LogP contribution in [0.2, 0.25) is 0 Å². The number of halogens is 1. The van der Waals surface area contributed by atoms with Crippen LogP contribution < -0.4 is 4.74 Å². The first-order valence-electron chi connectivity index (χ1n) is 8.40. The molecule has 0 radical (unpaired) electrons. The summed E-state index contributed by atoms with van der Waals surface area (Å²) in [7, 11) is 0. The van der Waals surface area contributed by atoms with Crippen LogP contribution in [0.15, 0.2) is 36.6 Å². The minimum absolute atomic E-state index is 0.0117. The molecule has 1 fully saturated rings. The van der Waals surface area contributed by atoms with Gasteiger partial charge in [-0.2, -0.15) is 0 Å². The zero-order valence-corrected chi connectivity index (χ0v) is 13.7. The van der Waals surface area contributed by atoms with Gasteiger partial charge in [0.25, 0.3) is 5.91 Å². The number of amides is 1. The predicted octanol–water partition coefficient (Wildman–Crippen LogP) is 2.04. The molecule has 24 heavy (non-hydrogen) atoms. The van der Waals surface area contributed by atoms with Gasteiger partial charge < -0.3 is 14.4 Å². The summed E-state index contributed by atoms with van der Waals surface area (Å²) in [5.41, 5.74) is 0. The number of ether oxygens (including phenoxy) is 2. The van der Waals surface area contributed by atoms with E-state index in [1.807, 2.05) is 11.0 Å². The standard InChI is InChI=1S/C18H23FN2O3/c19-15-4-6-16(7-5-15)24-14-18(22)21-10-8-20(9-11-21)13-17-3-1-2-12-23-17/h2,4-7,12,17H,1,3,8-11,13-14H2/t17-/m0/s1. The lowest BCUT2D eigenvalue weighted by Gasteiger charge is -2.36. The van der Waals surface area contributed by atoms with Crippen molar-refractivity contribution in [1.82, 2.24) is 9.80 Å². The fraction of sp³-hybridized carbons (Fsp3) is 0.500. The van der Waals surface area contributed by atoms with E-state index in [1.165, 1.54) is 24.3 Å². The molecule has 0 bridgehead atoms. The first kappa shape index (κ1) is 16.8. The van der Waals surface area contributed by atoms with E-state index in [-0.39, 0.29) is 24.4 Å². The highest BCUT2D eigenvalue weighted by molar-refractivity contribution is 5.77. The van der Waals surface area contributed by atoms with Gasteiger partial charge in [0.15, 0.2) is 6.61 Å². The van der Waals surface area contributed by atoms with Gasteiger partial charge in [-0.25, -0.2) is 4.39 Å². The van der Waals surface area contributed by atoms with Crippen molar-refractivity contribution in [1.29, 1.82) is 0 Å². The van der Waals surface area contributed by atoms with Crippen LogP contribution in [-0.2, 0) is 9.53 Å². The first-order chi connectivity index (χ1) is 11.7. The Bertz CT molecular complexity index is 568. The third-order valence-electron chi connectivity index (χ3n) is 4.39. The number of piperazine rings is 1. The van der Waals surface area contributed by atoms with E-state index in [2.05, 4.69) is 4.90 Å². The number of hydrogen-bond acceptors (Lipinski definition) is 4. The molecule has 1 saturated heterocycles. The molecule has 0 N–H and O–H groups in total. The van der Waals surface area contributed by atoms with Crippen molar-refractivity contribution >= 4 is 5.91 Å². The molecule has 1 amide bonds. The van der Waals surface area contributed by atoms with Crippen LogP contribution in [0.1, 0.15) is 12.8 Å². The molecular weight excluding hydrogens is 311 g/mol. The summed E-state index contributed by atoms with van der Waals surface area (Å²) in [4.78, 5) is 16.4. The number of nitrogens with zero attached hydrogens (tertiary/aromatic N) is 2. The molecule has 2 aliphatic heterocycles. The molecule has 5 nitrogen and oxygen atoms in total. The summed E-state index contributed by atoms with van der Waals surface area (Å²) in [6.45, 7) is 4.01. The van der Waals surface area contributed by atoms with Gasteiger partial charge in [0.05, 0.1) is 6.26 Å². The average Bonchev–Trinajstić information content (AvgIpc) is 2.62. The summed E-state index contributed by atoms with van der Waals surface area (Å²) < 4.78 is 23.9. The van der Waals surface area contributed by atoms with Crippen molar-refractivity contribution < 1.29 is 18.7 Å². The van der Waals surface area contributed by atoms with E-state index in [4.69, 9.17) is 9.47 Å². The number of allylic oxidation sites excluding steroid dienone is 1. The van der Waals surface area contributed by atoms with Gasteiger partial charge in [-0.15, -0.1) is 0 Å². The van der Waals surface area contributed by atoms with E-state index in [0.29, 0.717) is 18.8 Å². The summed E-state index contributed by atoms with van der Waals surface area (Å²) >= 11 is 0. The summed E-state index contributed by atoms with van der Waals surface area (Å²) in [6.07, 6.45) is 6.24. The van der Waals surface area contributed by atoms with Crippen LogP contribution in [0, 0.1) is 5.82 Å². The van der Waals surface area contributed by atoms with Crippen molar-refractivity contribution in [2.45, 2.75) is 18.9 Å². The molecule has 2 aliphatic rings. The maximum Gasteiger partial charge on any atom is 0.260 e. The molecule has 0 spiro atoms. The number of carbonyl (C=O) groups is 1. The summed E-state index contributed by atoms with van der Waals surface area (Å²) in [5, 5.41) is 0. The maximum absolute atomic E-state index is 12.8. The van der Waals surface area contributed by atoms with Crippen LogP contribution >= 0.6 is 0 Å². The second-order valence-electron chi connectivity index (χ2n) is 6.13. The molecule has 1 aromatic carbocycles. The van der Waals surface area contributed by atoms with E-state index in [9.17, 15) is 9.18 Å². The molecular formula is C18H23FN2O3. The number of benzene rings is 1. The molecule has 1 aromatic rings. The smallest absolute Gasteiger partial charge is 0.260 e. The zero-order valence-electron chi connectivity index (χ0n) is 13.7. The quantitative estimate of drug-likeness (QED) is 0.826. The third-order valence-corrected chi connectivity index (χ3v) is 4.39. The molecule has 6 heteroatoms. The average molecular weight is 334 g/mol. The molecule has 2 heterocycles. The van der Waals surface area contributed by atoms with Gasteiger partial charge in [0.1, 0.15) is 17.7 Å². The Balaban J connectivity index is 1.38. The van der Waals surface area contributed by atoms with Gasteiger partial charge in [-0.3, -0.25) is 9.69 Å². The molecule has 130 valence electrons. The largest absolute Gasteiger partial charge is 0.497 e. The van der Waals surface area contributed by atoms with Gasteiger partial charge in [-0.05, 0) is 43.2 Å². The second kappa shape index (κ2) is 8.15. The molecule has 0 aromatic heterocycles. The number of hydrogen-bond donors (Lipinski definition) is 0. The van der Waals surface area contributed by atoms with E-state index >= 15 is 0 Å². The van der Waals surface area contributed by atoms with E-state index < -0.39 is 0 Å². The lowest BCUT2D eigenvalue weighted by atomic mass is 10.1. The highest BCUT2D eigenvalue weighted by Gasteiger charge is 2.24. The SMILES string of the molecule is O=C(COc1ccc(F)cc1)N1CCN(C[C@@H]2CCC=CO2)CC1. The summed E-state index contributed by atoms with van der Waals surface area (Å²) in [6, 6.07) is 5.69. The van der Waals surface area contributed by atoms with Gasteiger partial charge in [-0.1, -0.05) is 0 Å². The minimum atomic E-state index is -0.317. The maximum atomic E-state index is 12.8. The first-order valence-corrected chi connectivity index (χ1v) is 8.40. The van der Waals surface area contributed by atoms with Crippen LogP contribution in [0.4, 0.5) is 4.39 Å². The molecule has 3 rings (SSSR count). The fourth-order valence-electron chi connectivity index (χ4n) is 2.95. The highest BCUT2D eigenvalue weighted by atomic mass is 19.1. The Kier molecular flexibility index (Phi) is 5.69. The molecule has 0 saturated carbocycles. The van der Waals surface area contributed by atoms with Crippen LogP contribution in [0.25, 0.3) is 0 Å². The predicted molar refractivity (Wildman–Crippen MR) is 88.2 cm³/mol. The molecule has 1 atom stereocenters. The van der Waals surface area contributed by atoms with Gasteiger partial charge in [0, 0.05) is 32.7 Å². The van der Waals surface area contributed by atoms with Gasteiger partial charge in [0.2, 0.25) is 0 Å². The second-order valence-corrected chi connectivity index (χ2v) is 6.13. The number of carbonyl (C=O) groups excluding carboxylic acids is 1. The molecule has 0 unspecified atom stereocenters. The van der Waals surface area contributed by atoms with Crippen LogP contribution in [0.5, 0.6) is 5.75 Å². The van der Waals surface area contributed by atoms with Crippen molar-refractivity contribution in [3.63, 3.8) is 0 Å². The van der Waals surface area contributed by atoms with Crippen molar-refractivity contribution in [3.8, 4) is 5.75 Å². The Morgan fingerprint density at radius 3 is 2.62 bits per heavy atom. The third kappa shape index (κ3) is 4.71. The normalized spacial score (nSPS) is 21.4. The van der Waals surface area contributed by atoms with Crippen LogP contribution in [-0.4, -0.2) is 61.1 Å². The number of rotatable bonds is 5. The molecule has 0 aliphatic carbocycles. The fourth-order valence-corrected chi connectivity index (χ4v) is 2.95. The Morgan fingerprint density at radius 1 is 1.21 bits per heavy atom. The Labute approximate surface area is 141 Å². The van der Waals surface area contributed by atoms with Crippen molar-refractivity contribution in [2.75, 3.05) is 39.3 Å². The highest BCUT2D eigenvalue weighted by Crippen LogP contribution is 2.14. The lowest BCUT2D eigenvalue weighted by Crippen LogP contribution is -2.51. The zero-order chi connectivity index (χ0) is 16.8. The van der Waals surface area contributed by atoms with Gasteiger partial charge >= 0.3 is 0 Å². The van der Waals surface area contributed by atoms with Crippen molar-refractivity contribution in [3.05, 3.63) is 42.4 Å². The topological polar surface area (TPSA) is 42.0 Å².